The zero-order chi connectivity index (χ0) is 24.3. The number of ether oxygens (including phenoxy) is 1. The van der Waals surface area contributed by atoms with Crippen molar-refractivity contribution in [1.82, 2.24) is 5.32 Å². The Kier molecular flexibility index (Phi) is 6.81. The van der Waals surface area contributed by atoms with Gasteiger partial charge in [0.15, 0.2) is 6.29 Å². The summed E-state index contributed by atoms with van der Waals surface area (Å²) in [5, 5.41) is 2.46. The summed E-state index contributed by atoms with van der Waals surface area (Å²) in [4.78, 5) is 23.5. The molecular weight excluding hydrogens is 445 g/mol. The van der Waals surface area contributed by atoms with Crippen LogP contribution in [-0.2, 0) is 12.7 Å². The molecule has 0 aliphatic carbocycles. The lowest BCUT2D eigenvalue weighted by Crippen LogP contribution is -2.24. The van der Waals surface area contributed by atoms with Crippen molar-refractivity contribution in [2.45, 2.75) is 19.6 Å². The topological polar surface area (TPSA) is 55.4 Å². The van der Waals surface area contributed by atoms with E-state index in [-0.39, 0.29) is 18.2 Å². The number of methoxy groups -OCH3 is 1. The highest BCUT2D eigenvalue weighted by Gasteiger charge is 2.31. The molecule has 33 heavy (non-hydrogen) atoms. The molecule has 172 valence electrons. The lowest BCUT2D eigenvalue weighted by atomic mass is 9.96. The molecule has 0 heterocycles. The number of carbonyl (C=O) groups is 2. The summed E-state index contributed by atoms with van der Waals surface area (Å²) in [6, 6.07) is 9.24. The lowest BCUT2D eigenvalue weighted by Gasteiger charge is -2.14. The van der Waals surface area contributed by atoms with Crippen molar-refractivity contribution in [3.05, 3.63) is 88.0 Å². The lowest BCUT2D eigenvalue weighted by molar-refractivity contribution is -0.137. The van der Waals surface area contributed by atoms with E-state index in [9.17, 15) is 31.5 Å². The summed E-state index contributed by atoms with van der Waals surface area (Å²) in [5.41, 5.74) is 0.401. The van der Waals surface area contributed by atoms with E-state index in [0.29, 0.717) is 40.4 Å². The number of nitrogens with one attached hydrogen (secondary N) is 1. The van der Waals surface area contributed by atoms with Crippen LogP contribution in [0.2, 0.25) is 0 Å². The highest BCUT2D eigenvalue weighted by atomic mass is 19.4. The van der Waals surface area contributed by atoms with Crippen LogP contribution in [0.4, 0.5) is 22.0 Å². The van der Waals surface area contributed by atoms with E-state index in [0.717, 1.165) is 6.07 Å². The second-order valence-corrected chi connectivity index (χ2v) is 7.21. The van der Waals surface area contributed by atoms with E-state index in [1.165, 1.54) is 19.2 Å². The predicted molar refractivity (Wildman–Crippen MR) is 111 cm³/mol. The van der Waals surface area contributed by atoms with Gasteiger partial charge >= 0.3 is 6.18 Å². The maximum atomic E-state index is 14.1. The number of hydrogen-bond acceptors (Lipinski definition) is 3. The molecule has 9 heteroatoms. The molecule has 0 aliphatic rings. The van der Waals surface area contributed by atoms with Gasteiger partial charge in [-0.15, -0.1) is 0 Å². The second-order valence-electron chi connectivity index (χ2n) is 7.21. The first-order valence-corrected chi connectivity index (χ1v) is 9.62. The number of alkyl halides is 3. The van der Waals surface area contributed by atoms with Gasteiger partial charge in [-0.2, -0.15) is 13.2 Å². The molecule has 0 fully saturated rings. The molecule has 0 saturated heterocycles. The third-order valence-corrected chi connectivity index (χ3v) is 5.04. The zero-order valence-corrected chi connectivity index (χ0v) is 17.5. The van der Waals surface area contributed by atoms with Gasteiger partial charge in [-0.05, 0) is 66.1 Å². The number of benzene rings is 3. The molecule has 0 aromatic heterocycles. The van der Waals surface area contributed by atoms with Crippen molar-refractivity contribution in [2.24, 2.45) is 0 Å². The van der Waals surface area contributed by atoms with Crippen LogP contribution in [0, 0.1) is 18.6 Å². The van der Waals surface area contributed by atoms with Crippen molar-refractivity contribution in [3.8, 4) is 16.9 Å². The highest BCUT2D eigenvalue weighted by molar-refractivity contribution is 5.94. The Morgan fingerprint density at radius 3 is 2.36 bits per heavy atom. The predicted octanol–water partition coefficient (Wildman–Crippen LogP) is 5.71. The minimum absolute atomic E-state index is 0.112. The summed E-state index contributed by atoms with van der Waals surface area (Å²) >= 11 is 0. The number of carbonyl (C=O) groups excluding carboxylic acids is 2. The van der Waals surface area contributed by atoms with E-state index in [2.05, 4.69) is 5.32 Å². The third kappa shape index (κ3) is 5.19. The van der Waals surface area contributed by atoms with Crippen LogP contribution in [0.25, 0.3) is 11.1 Å². The van der Waals surface area contributed by atoms with E-state index >= 15 is 0 Å². The first kappa shape index (κ1) is 23.9. The van der Waals surface area contributed by atoms with Crippen LogP contribution in [0.5, 0.6) is 5.75 Å². The fourth-order valence-corrected chi connectivity index (χ4v) is 3.32. The van der Waals surface area contributed by atoms with Gasteiger partial charge in [0.2, 0.25) is 0 Å². The van der Waals surface area contributed by atoms with Crippen LogP contribution in [-0.4, -0.2) is 19.3 Å². The zero-order valence-electron chi connectivity index (χ0n) is 17.5. The molecule has 3 aromatic carbocycles. The Labute approximate surface area is 186 Å². The van der Waals surface area contributed by atoms with Gasteiger partial charge < -0.3 is 10.1 Å². The Balaban J connectivity index is 1.87. The number of aldehydes is 1. The van der Waals surface area contributed by atoms with Crippen LogP contribution in [0.1, 0.15) is 37.4 Å². The first-order valence-electron chi connectivity index (χ1n) is 9.62. The molecule has 0 aliphatic heterocycles. The molecule has 3 aromatic rings. The number of hydrogen-bond donors (Lipinski definition) is 1. The number of amides is 1. The van der Waals surface area contributed by atoms with Crippen molar-refractivity contribution < 1.29 is 36.3 Å². The van der Waals surface area contributed by atoms with Gasteiger partial charge in [0, 0.05) is 12.1 Å². The van der Waals surface area contributed by atoms with E-state index in [4.69, 9.17) is 4.74 Å². The van der Waals surface area contributed by atoms with E-state index in [1.807, 2.05) is 0 Å². The quantitative estimate of drug-likeness (QED) is 0.376. The summed E-state index contributed by atoms with van der Waals surface area (Å²) in [6.45, 7) is 1.54. The van der Waals surface area contributed by atoms with Gasteiger partial charge in [-0.1, -0.05) is 6.07 Å². The monoisotopic (exact) mass is 463 g/mol. The molecular formula is C24H18F5NO3. The average Bonchev–Trinajstić information content (AvgIpc) is 2.76. The van der Waals surface area contributed by atoms with Crippen molar-refractivity contribution in [1.29, 1.82) is 0 Å². The van der Waals surface area contributed by atoms with Crippen LogP contribution < -0.4 is 10.1 Å². The van der Waals surface area contributed by atoms with Gasteiger partial charge in [0.05, 0.1) is 23.8 Å². The van der Waals surface area contributed by atoms with Crippen molar-refractivity contribution >= 4 is 12.2 Å². The number of rotatable bonds is 6. The second kappa shape index (κ2) is 9.40. The van der Waals surface area contributed by atoms with Gasteiger partial charge in [-0.25, -0.2) is 8.78 Å². The first-order chi connectivity index (χ1) is 15.5. The summed E-state index contributed by atoms with van der Waals surface area (Å²) in [5.74, 6) is -2.46. The summed E-state index contributed by atoms with van der Waals surface area (Å²) in [6.07, 6.45) is -4.33. The molecule has 0 bridgehead atoms. The molecule has 0 radical (unpaired) electrons. The van der Waals surface area contributed by atoms with Crippen molar-refractivity contribution in [3.63, 3.8) is 0 Å². The Morgan fingerprint density at radius 2 is 1.76 bits per heavy atom. The fraction of sp³-hybridized carbons (Fsp3) is 0.167. The largest absolute Gasteiger partial charge is 0.496 e. The van der Waals surface area contributed by atoms with Gasteiger partial charge in [-0.3, -0.25) is 9.59 Å². The minimum Gasteiger partial charge on any atom is -0.496 e. The SMILES string of the molecule is COc1ccc(-c2cc(C=O)c(F)cc2C)cc1CNC(=O)c1ccc(C(F)(F)F)cc1F. The molecule has 0 unspecified atom stereocenters. The molecule has 4 nitrogen and oxygen atoms in total. The maximum absolute atomic E-state index is 14.1. The van der Waals surface area contributed by atoms with Gasteiger partial charge in [0.25, 0.3) is 5.91 Å². The van der Waals surface area contributed by atoms with E-state index < -0.39 is 34.8 Å². The van der Waals surface area contributed by atoms with E-state index in [1.54, 1.807) is 25.1 Å². The molecule has 0 saturated carbocycles. The van der Waals surface area contributed by atoms with Crippen LogP contribution >= 0.6 is 0 Å². The summed E-state index contributed by atoms with van der Waals surface area (Å²) < 4.78 is 71.3. The molecule has 1 amide bonds. The Bertz CT molecular complexity index is 1220. The van der Waals surface area contributed by atoms with Crippen LogP contribution in [0.15, 0.2) is 48.5 Å². The number of aryl methyl sites for hydroxylation is 1. The fourth-order valence-electron chi connectivity index (χ4n) is 3.32. The molecule has 1 N–H and O–H groups in total. The van der Waals surface area contributed by atoms with Crippen LogP contribution in [0.3, 0.4) is 0 Å². The Hall–Kier alpha value is -3.75. The third-order valence-electron chi connectivity index (χ3n) is 5.04. The normalized spacial score (nSPS) is 11.2. The molecule has 0 spiro atoms. The maximum Gasteiger partial charge on any atom is 0.416 e. The highest BCUT2D eigenvalue weighted by Crippen LogP contribution is 2.31. The Morgan fingerprint density at radius 1 is 1.03 bits per heavy atom. The van der Waals surface area contributed by atoms with Crippen molar-refractivity contribution in [2.75, 3.05) is 7.11 Å². The molecule has 3 rings (SSSR count). The standard InChI is InChI=1S/C24H18F5NO3/c1-13-7-20(25)16(12-31)9-19(13)14-3-6-22(33-2)15(8-14)11-30-23(32)18-5-4-17(10-21(18)26)24(27,28)29/h3-10,12H,11H2,1-2H3,(H,30,32). The molecule has 0 atom stereocenters. The average molecular weight is 463 g/mol. The van der Waals surface area contributed by atoms with Gasteiger partial charge in [0.1, 0.15) is 17.4 Å². The number of halogens is 5. The summed E-state index contributed by atoms with van der Waals surface area (Å²) in [7, 11) is 1.41. The smallest absolute Gasteiger partial charge is 0.416 e. The minimum atomic E-state index is -4.73.